The summed E-state index contributed by atoms with van der Waals surface area (Å²) in [6.45, 7) is 4.69. The minimum atomic E-state index is -0.738. The average Bonchev–Trinajstić information content (AvgIpc) is 2.78. The van der Waals surface area contributed by atoms with Gasteiger partial charge in [-0.05, 0) is 44.2 Å². The molecule has 0 aliphatic carbocycles. The van der Waals surface area contributed by atoms with Crippen molar-refractivity contribution in [2.24, 2.45) is 0 Å². The molecule has 0 spiro atoms. The first-order valence-corrected chi connectivity index (χ1v) is 10.9. The lowest BCUT2D eigenvalue weighted by molar-refractivity contribution is -0.139. The number of halogens is 1. The number of rotatable bonds is 6. The Morgan fingerprint density at radius 2 is 1.85 bits per heavy atom. The van der Waals surface area contributed by atoms with Crippen molar-refractivity contribution in [3.8, 4) is 5.75 Å². The summed E-state index contributed by atoms with van der Waals surface area (Å²) < 4.78 is 15.4. The maximum absolute atomic E-state index is 13.4. The second kappa shape index (κ2) is 10.5. The van der Waals surface area contributed by atoms with Gasteiger partial charge in [0.15, 0.2) is 0 Å². The van der Waals surface area contributed by atoms with Crippen molar-refractivity contribution in [3.63, 3.8) is 0 Å². The van der Waals surface area contributed by atoms with Gasteiger partial charge in [0.1, 0.15) is 5.75 Å². The highest BCUT2D eigenvalue weighted by Crippen LogP contribution is 2.43. The van der Waals surface area contributed by atoms with E-state index in [-0.39, 0.29) is 35.8 Å². The molecule has 0 saturated carbocycles. The van der Waals surface area contributed by atoms with Crippen LogP contribution in [-0.2, 0) is 23.9 Å². The number of hydrogen-bond donors (Lipinski definition) is 0. The standard InChI is InChI=1S/C25H24ClNO7/c1-5-33-25(31)23-14(2)27(18-8-6-7-16(11-18)24(30)32-4)22(29)13-20(23)19-10-9-17(26)12-21(19)34-15(3)28/h6-12,20H,5,13H2,1-4H3. The molecule has 2 aromatic carbocycles. The molecule has 1 amide bonds. The number of ether oxygens (including phenoxy) is 3. The van der Waals surface area contributed by atoms with Crippen molar-refractivity contribution in [2.45, 2.75) is 33.1 Å². The molecule has 0 aromatic heterocycles. The Hall–Kier alpha value is -3.65. The van der Waals surface area contributed by atoms with E-state index in [0.29, 0.717) is 22.0 Å². The summed E-state index contributed by atoms with van der Waals surface area (Å²) in [5.74, 6) is -2.61. The molecule has 0 bridgehead atoms. The van der Waals surface area contributed by atoms with E-state index in [9.17, 15) is 19.2 Å². The fraction of sp³-hybridized carbons (Fsp3) is 0.280. The van der Waals surface area contributed by atoms with Crippen LogP contribution in [0.1, 0.15) is 49.0 Å². The van der Waals surface area contributed by atoms with Crippen LogP contribution in [-0.4, -0.2) is 37.5 Å². The SMILES string of the molecule is CCOC(=O)C1=C(C)N(c2cccc(C(=O)OC)c2)C(=O)CC1c1ccc(Cl)cc1OC(C)=O. The number of esters is 3. The average molecular weight is 486 g/mol. The molecule has 2 aromatic rings. The zero-order valence-electron chi connectivity index (χ0n) is 19.2. The zero-order valence-corrected chi connectivity index (χ0v) is 20.0. The second-order valence-corrected chi connectivity index (χ2v) is 7.96. The first-order chi connectivity index (χ1) is 16.2. The van der Waals surface area contributed by atoms with Gasteiger partial charge in [-0.1, -0.05) is 23.7 Å². The number of methoxy groups -OCH3 is 1. The molecule has 3 rings (SSSR count). The summed E-state index contributed by atoms with van der Waals surface area (Å²) in [7, 11) is 1.27. The first kappa shape index (κ1) is 25.0. The third kappa shape index (κ3) is 5.12. The highest BCUT2D eigenvalue weighted by molar-refractivity contribution is 6.30. The Morgan fingerprint density at radius 1 is 1.12 bits per heavy atom. The van der Waals surface area contributed by atoms with Crippen molar-refractivity contribution in [3.05, 3.63) is 69.9 Å². The van der Waals surface area contributed by atoms with Crippen LogP contribution in [0.2, 0.25) is 5.02 Å². The van der Waals surface area contributed by atoms with Crippen molar-refractivity contribution < 1.29 is 33.4 Å². The molecule has 8 nitrogen and oxygen atoms in total. The summed E-state index contributed by atoms with van der Waals surface area (Å²) in [4.78, 5) is 51.5. The van der Waals surface area contributed by atoms with E-state index in [1.807, 2.05) is 0 Å². The van der Waals surface area contributed by atoms with Gasteiger partial charge in [0.05, 0.1) is 24.9 Å². The summed E-state index contributed by atoms with van der Waals surface area (Å²) in [5, 5.41) is 0.335. The molecular formula is C25H24ClNO7. The number of allylic oxidation sites excluding steroid dienone is 1. The topological polar surface area (TPSA) is 99.2 Å². The monoisotopic (exact) mass is 485 g/mol. The van der Waals surface area contributed by atoms with E-state index in [0.717, 1.165) is 0 Å². The van der Waals surface area contributed by atoms with Crippen LogP contribution >= 0.6 is 11.6 Å². The van der Waals surface area contributed by atoms with Crippen LogP contribution in [0.3, 0.4) is 0 Å². The summed E-state index contributed by atoms with van der Waals surface area (Å²) >= 11 is 6.09. The van der Waals surface area contributed by atoms with E-state index < -0.39 is 23.8 Å². The Bertz CT molecular complexity index is 1190. The first-order valence-electron chi connectivity index (χ1n) is 10.5. The highest BCUT2D eigenvalue weighted by Gasteiger charge is 2.39. The molecule has 178 valence electrons. The van der Waals surface area contributed by atoms with E-state index in [2.05, 4.69) is 0 Å². The van der Waals surface area contributed by atoms with Crippen molar-refractivity contribution in [1.82, 2.24) is 0 Å². The van der Waals surface area contributed by atoms with Gasteiger partial charge in [0.25, 0.3) is 0 Å². The van der Waals surface area contributed by atoms with Crippen LogP contribution in [0.5, 0.6) is 5.75 Å². The highest BCUT2D eigenvalue weighted by atomic mass is 35.5. The zero-order chi connectivity index (χ0) is 25.0. The normalized spacial score (nSPS) is 15.7. The van der Waals surface area contributed by atoms with Crippen molar-refractivity contribution >= 4 is 41.1 Å². The number of benzene rings is 2. The van der Waals surface area contributed by atoms with Crippen LogP contribution in [0.15, 0.2) is 53.7 Å². The molecule has 1 unspecified atom stereocenters. The summed E-state index contributed by atoms with van der Waals surface area (Å²) in [6.07, 6.45) is -0.107. The van der Waals surface area contributed by atoms with Gasteiger partial charge in [-0.15, -0.1) is 0 Å². The van der Waals surface area contributed by atoms with E-state index in [1.165, 1.54) is 31.1 Å². The Balaban J connectivity index is 2.18. The molecule has 1 atom stereocenters. The molecule has 1 aliphatic rings. The maximum atomic E-state index is 13.4. The molecular weight excluding hydrogens is 462 g/mol. The minimum absolute atomic E-state index is 0.107. The molecule has 9 heteroatoms. The van der Waals surface area contributed by atoms with Crippen LogP contribution in [0.4, 0.5) is 5.69 Å². The number of anilines is 1. The lowest BCUT2D eigenvalue weighted by Gasteiger charge is -2.35. The molecule has 1 aliphatic heterocycles. The Morgan fingerprint density at radius 3 is 2.50 bits per heavy atom. The third-order valence-corrected chi connectivity index (χ3v) is 5.56. The molecule has 0 fully saturated rings. The predicted octanol–water partition coefficient (Wildman–Crippen LogP) is 4.41. The fourth-order valence-electron chi connectivity index (χ4n) is 3.96. The number of hydrogen-bond acceptors (Lipinski definition) is 7. The Labute approximate surface area is 202 Å². The smallest absolute Gasteiger partial charge is 0.337 e. The molecule has 0 N–H and O–H groups in total. The van der Waals surface area contributed by atoms with Crippen molar-refractivity contribution in [1.29, 1.82) is 0 Å². The Kier molecular flexibility index (Phi) is 7.73. The summed E-state index contributed by atoms with van der Waals surface area (Å²) in [6, 6.07) is 11.0. The second-order valence-electron chi connectivity index (χ2n) is 7.52. The lowest BCUT2D eigenvalue weighted by Crippen LogP contribution is -2.38. The van der Waals surface area contributed by atoms with Gasteiger partial charge < -0.3 is 14.2 Å². The molecule has 0 radical (unpaired) electrons. The largest absolute Gasteiger partial charge is 0.465 e. The molecule has 1 heterocycles. The van der Waals surface area contributed by atoms with E-state index in [1.54, 1.807) is 44.2 Å². The van der Waals surface area contributed by atoms with E-state index >= 15 is 0 Å². The van der Waals surface area contributed by atoms with Crippen LogP contribution in [0, 0.1) is 0 Å². The van der Waals surface area contributed by atoms with Gasteiger partial charge in [-0.25, -0.2) is 9.59 Å². The van der Waals surface area contributed by atoms with E-state index in [4.69, 9.17) is 25.8 Å². The van der Waals surface area contributed by atoms with Gasteiger partial charge in [0, 0.05) is 41.2 Å². The maximum Gasteiger partial charge on any atom is 0.337 e. The van der Waals surface area contributed by atoms with Gasteiger partial charge in [-0.3, -0.25) is 14.5 Å². The quantitative estimate of drug-likeness (QED) is 0.441. The summed E-state index contributed by atoms with van der Waals surface area (Å²) in [5.41, 5.74) is 1.70. The van der Waals surface area contributed by atoms with Crippen LogP contribution < -0.4 is 9.64 Å². The lowest BCUT2D eigenvalue weighted by atomic mass is 9.83. The van der Waals surface area contributed by atoms with Gasteiger partial charge >= 0.3 is 17.9 Å². The van der Waals surface area contributed by atoms with Gasteiger partial charge in [-0.2, -0.15) is 0 Å². The minimum Gasteiger partial charge on any atom is -0.465 e. The number of carbonyl (C=O) groups is 4. The molecule has 34 heavy (non-hydrogen) atoms. The predicted molar refractivity (Wildman–Crippen MR) is 125 cm³/mol. The van der Waals surface area contributed by atoms with Crippen LogP contribution in [0.25, 0.3) is 0 Å². The fourth-order valence-corrected chi connectivity index (χ4v) is 4.12. The third-order valence-electron chi connectivity index (χ3n) is 5.33. The molecule has 0 saturated heterocycles. The van der Waals surface area contributed by atoms with Crippen molar-refractivity contribution in [2.75, 3.05) is 18.6 Å². The van der Waals surface area contributed by atoms with Gasteiger partial charge in [0.2, 0.25) is 5.91 Å². The number of nitrogens with zero attached hydrogens (tertiary/aromatic N) is 1. The number of amides is 1. The number of carbonyl (C=O) groups excluding carboxylic acids is 4.